The SMILES string of the molecule is CCNCc1ccc(SC(C)CC)c(Br)c1. The van der Waals surface area contributed by atoms with Gasteiger partial charge >= 0.3 is 0 Å². The zero-order chi connectivity index (χ0) is 12.0. The molecule has 0 bridgehead atoms. The quantitative estimate of drug-likeness (QED) is 0.779. The normalized spacial score (nSPS) is 12.8. The summed E-state index contributed by atoms with van der Waals surface area (Å²) < 4.78 is 1.22. The van der Waals surface area contributed by atoms with E-state index in [9.17, 15) is 0 Å². The van der Waals surface area contributed by atoms with E-state index in [0.29, 0.717) is 5.25 Å². The van der Waals surface area contributed by atoms with E-state index in [1.165, 1.54) is 21.4 Å². The van der Waals surface area contributed by atoms with Crippen molar-refractivity contribution in [3.63, 3.8) is 0 Å². The van der Waals surface area contributed by atoms with Crippen molar-refractivity contribution in [1.82, 2.24) is 5.32 Å². The maximum absolute atomic E-state index is 3.65. The highest BCUT2D eigenvalue weighted by Gasteiger charge is 2.06. The third-order valence-electron chi connectivity index (χ3n) is 2.48. The molecular weight excluding hydrogens is 282 g/mol. The second kappa shape index (κ2) is 7.36. The van der Waals surface area contributed by atoms with Crippen LogP contribution in [0.3, 0.4) is 0 Å². The molecule has 90 valence electrons. The number of nitrogens with one attached hydrogen (secondary N) is 1. The van der Waals surface area contributed by atoms with Gasteiger partial charge in [0.15, 0.2) is 0 Å². The summed E-state index contributed by atoms with van der Waals surface area (Å²) in [5, 5.41) is 4.01. The molecule has 0 heterocycles. The van der Waals surface area contributed by atoms with Gasteiger partial charge in [0.25, 0.3) is 0 Å². The average Bonchev–Trinajstić information content (AvgIpc) is 2.29. The van der Waals surface area contributed by atoms with Gasteiger partial charge in [-0.2, -0.15) is 0 Å². The highest BCUT2D eigenvalue weighted by molar-refractivity contribution is 9.10. The summed E-state index contributed by atoms with van der Waals surface area (Å²) >= 11 is 5.58. The molecule has 16 heavy (non-hydrogen) atoms. The van der Waals surface area contributed by atoms with E-state index in [4.69, 9.17) is 0 Å². The van der Waals surface area contributed by atoms with Crippen molar-refractivity contribution in [2.75, 3.05) is 6.54 Å². The Labute approximate surface area is 112 Å². The van der Waals surface area contributed by atoms with Crippen molar-refractivity contribution in [3.05, 3.63) is 28.2 Å². The second-order valence-corrected chi connectivity index (χ2v) is 6.22. The van der Waals surface area contributed by atoms with Crippen LogP contribution in [-0.2, 0) is 6.54 Å². The summed E-state index contributed by atoms with van der Waals surface area (Å²) in [6.45, 7) is 8.58. The lowest BCUT2D eigenvalue weighted by atomic mass is 10.2. The van der Waals surface area contributed by atoms with Gasteiger partial charge < -0.3 is 5.32 Å². The van der Waals surface area contributed by atoms with E-state index in [-0.39, 0.29) is 0 Å². The average molecular weight is 302 g/mol. The van der Waals surface area contributed by atoms with E-state index in [2.05, 4.69) is 60.2 Å². The standard InChI is InChI=1S/C13H20BrNS/c1-4-10(3)16-13-7-6-11(8-12(13)14)9-15-5-2/h6-8,10,15H,4-5,9H2,1-3H3. The van der Waals surface area contributed by atoms with Crippen LogP contribution in [0.1, 0.15) is 32.8 Å². The van der Waals surface area contributed by atoms with Gasteiger partial charge in [-0.05, 0) is 46.6 Å². The summed E-state index contributed by atoms with van der Waals surface area (Å²) in [5.41, 5.74) is 1.34. The van der Waals surface area contributed by atoms with Crippen LogP contribution in [0.5, 0.6) is 0 Å². The molecule has 0 radical (unpaired) electrons. The van der Waals surface area contributed by atoms with Crippen LogP contribution < -0.4 is 5.32 Å². The van der Waals surface area contributed by atoms with Crippen molar-refractivity contribution < 1.29 is 0 Å². The van der Waals surface area contributed by atoms with Crippen molar-refractivity contribution in [3.8, 4) is 0 Å². The predicted molar refractivity (Wildman–Crippen MR) is 77.1 cm³/mol. The molecule has 1 aromatic carbocycles. The molecule has 0 aliphatic heterocycles. The molecule has 0 fully saturated rings. The van der Waals surface area contributed by atoms with Gasteiger partial charge in [-0.1, -0.05) is 26.8 Å². The van der Waals surface area contributed by atoms with Crippen LogP contribution in [0.2, 0.25) is 0 Å². The molecule has 0 aromatic heterocycles. The number of hydrogen-bond acceptors (Lipinski definition) is 2. The molecule has 1 atom stereocenters. The van der Waals surface area contributed by atoms with Crippen molar-refractivity contribution in [2.45, 2.75) is 43.9 Å². The minimum absolute atomic E-state index is 0.677. The number of rotatable bonds is 6. The van der Waals surface area contributed by atoms with E-state index < -0.39 is 0 Å². The lowest BCUT2D eigenvalue weighted by Gasteiger charge is -2.11. The Hall–Kier alpha value is 0.01000. The molecule has 0 aliphatic rings. The molecule has 1 rings (SSSR count). The first kappa shape index (κ1) is 14.1. The Morgan fingerprint density at radius 3 is 2.69 bits per heavy atom. The van der Waals surface area contributed by atoms with Gasteiger partial charge in [0.05, 0.1) is 0 Å². The highest BCUT2D eigenvalue weighted by atomic mass is 79.9. The number of benzene rings is 1. The number of hydrogen-bond donors (Lipinski definition) is 1. The fourth-order valence-electron chi connectivity index (χ4n) is 1.32. The zero-order valence-electron chi connectivity index (χ0n) is 10.2. The van der Waals surface area contributed by atoms with E-state index >= 15 is 0 Å². The fourth-order valence-corrected chi connectivity index (χ4v) is 2.94. The molecule has 1 nitrogen and oxygen atoms in total. The third kappa shape index (κ3) is 4.48. The largest absolute Gasteiger partial charge is 0.313 e. The molecule has 0 amide bonds. The summed E-state index contributed by atoms with van der Waals surface area (Å²) in [5.74, 6) is 0. The van der Waals surface area contributed by atoms with Crippen LogP contribution in [0.15, 0.2) is 27.6 Å². The van der Waals surface area contributed by atoms with Crippen LogP contribution in [0.25, 0.3) is 0 Å². The Morgan fingerprint density at radius 1 is 1.38 bits per heavy atom. The van der Waals surface area contributed by atoms with E-state index in [0.717, 1.165) is 13.1 Å². The van der Waals surface area contributed by atoms with Crippen LogP contribution >= 0.6 is 27.7 Å². The lowest BCUT2D eigenvalue weighted by molar-refractivity contribution is 0.726. The molecule has 0 saturated carbocycles. The molecule has 0 aliphatic carbocycles. The fraction of sp³-hybridized carbons (Fsp3) is 0.538. The molecule has 1 unspecified atom stereocenters. The van der Waals surface area contributed by atoms with Crippen molar-refractivity contribution in [1.29, 1.82) is 0 Å². The topological polar surface area (TPSA) is 12.0 Å². The van der Waals surface area contributed by atoms with Gasteiger partial charge in [0, 0.05) is 21.2 Å². The second-order valence-electron chi connectivity index (χ2n) is 3.88. The molecular formula is C13H20BrNS. The van der Waals surface area contributed by atoms with E-state index in [1.54, 1.807) is 0 Å². The van der Waals surface area contributed by atoms with Crippen molar-refractivity contribution >= 4 is 27.7 Å². The zero-order valence-corrected chi connectivity index (χ0v) is 12.6. The van der Waals surface area contributed by atoms with Crippen LogP contribution in [-0.4, -0.2) is 11.8 Å². The minimum atomic E-state index is 0.677. The third-order valence-corrected chi connectivity index (χ3v) is 4.74. The maximum atomic E-state index is 3.65. The molecule has 1 N–H and O–H groups in total. The summed E-state index contributed by atoms with van der Waals surface area (Å²) in [7, 11) is 0. The smallest absolute Gasteiger partial charge is 0.0314 e. The molecule has 1 aromatic rings. The van der Waals surface area contributed by atoms with Gasteiger partial charge in [-0.3, -0.25) is 0 Å². The Bertz CT molecular complexity index is 328. The van der Waals surface area contributed by atoms with Crippen LogP contribution in [0.4, 0.5) is 0 Å². The highest BCUT2D eigenvalue weighted by Crippen LogP contribution is 2.32. The lowest BCUT2D eigenvalue weighted by Crippen LogP contribution is -2.11. The summed E-state index contributed by atoms with van der Waals surface area (Å²) in [4.78, 5) is 1.34. The Morgan fingerprint density at radius 2 is 2.12 bits per heavy atom. The first-order valence-corrected chi connectivity index (χ1v) is 7.50. The summed E-state index contributed by atoms with van der Waals surface area (Å²) in [6.07, 6.45) is 1.20. The first-order chi connectivity index (χ1) is 7.67. The maximum Gasteiger partial charge on any atom is 0.0314 e. The monoisotopic (exact) mass is 301 g/mol. The van der Waals surface area contributed by atoms with Gasteiger partial charge in [0.2, 0.25) is 0 Å². The summed E-state index contributed by atoms with van der Waals surface area (Å²) in [6, 6.07) is 6.64. The van der Waals surface area contributed by atoms with Crippen molar-refractivity contribution in [2.24, 2.45) is 0 Å². The molecule has 0 saturated heterocycles. The van der Waals surface area contributed by atoms with Gasteiger partial charge in [-0.15, -0.1) is 11.8 Å². The van der Waals surface area contributed by atoms with Gasteiger partial charge in [-0.25, -0.2) is 0 Å². The molecule has 3 heteroatoms. The van der Waals surface area contributed by atoms with Crippen LogP contribution in [0, 0.1) is 0 Å². The molecule has 0 spiro atoms. The Kier molecular flexibility index (Phi) is 6.47. The van der Waals surface area contributed by atoms with Gasteiger partial charge in [0.1, 0.15) is 0 Å². The number of thioether (sulfide) groups is 1. The Balaban J connectivity index is 2.67. The van der Waals surface area contributed by atoms with E-state index in [1.807, 2.05) is 11.8 Å². The minimum Gasteiger partial charge on any atom is -0.313 e. The first-order valence-electron chi connectivity index (χ1n) is 5.83. The number of halogens is 1. The predicted octanol–water partition coefficient (Wildman–Crippen LogP) is 4.45.